The minimum Gasteiger partial charge on any atom is -0.395 e. The maximum Gasteiger partial charge on any atom is 0.240 e. The van der Waals surface area contributed by atoms with E-state index in [-0.39, 0.29) is 17.3 Å². The lowest BCUT2D eigenvalue weighted by molar-refractivity contribution is 0.265. The molecule has 126 valence electrons. The highest BCUT2D eigenvalue weighted by atomic mass is 32.2. The zero-order valence-corrected chi connectivity index (χ0v) is 13.8. The van der Waals surface area contributed by atoms with Gasteiger partial charge in [0.05, 0.1) is 11.5 Å². The fourth-order valence-electron chi connectivity index (χ4n) is 2.52. The number of hydrogen-bond acceptors (Lipinski definition) is 3. The molecule has 2 aromatic carbocycles. The summed E-state index contributed by atoms with van der Waals surface area (Å²) in [5, 5.41) is 9.84. The van der Waals surface area contributed by atoms with E-state index in [9.17, 15) is 12.8 Å². The summed E-state index contributed by atoms with van der Waals surface area (Å²) >= 11 is 0. The minimum atomic E-state index is -3.67. The Labute approximate surface area is 139 Å². The number of aromatic amines is 1. The molecule has 5 nitrogen and oxygen atoms in total. The molecule has 3 N–H and O–H groups in total. The van der Waals surface area contributed by atoms with Crippen LogP contribution < -0.4 is 4.72 Å². The van der Waals surface area contributed by atoms with Gasteiger partial charge in [-0.25, -0.2) is 17.5 Å². The van der Waals surface area contributed by atoms with Gasteiger partial charge in [-0.2, -0.15) is 0 Å². The molecule has 1 heterocycles. The van der Waals surface area contributed by atoms with Crippen molar-refractivity contribution < 1.29 is 17.9 Å². The Balaban J connectivity index is 1.94. The second kappa shape index (κ2) is 6.35. The van der Waals surface area contributed by atoms with E-state index in [0.717, 1.165) is 16.5 Å². The van der Waals surface area contributed by atoms with E-state index >= 15 is 0 Å². The lowest BCUT2D eigenvalue weighted by Crippen LogP contribution is -2.34. The van der Waals surface area contributed by atoms with Gasteiger partial charge in [-0.1, -0.05) is 12.1 Å². The summed E-state index contributed by atoms with van der Waals surface area (Å²) in [6.45, 7) is 1.31. The molecule has 3 aromatic rings. The van der Waals surface area contributed by atoms with Gasteiger partial charge in [0.1, 0.15) is 5.82 Å². The molecular weight excluding hydrogens is 331 g/mol. The number of H-pyrrole nitrogens is 1. The summed E-state index contributed by atoms with van der Waals surface area (Å²) in [6.07, 6.45) is 1.76. The number of halogens is 1. The Bertz CT molecular complexity index is 965. The maximum atomic E-state index is 13.3. The number of sulfonamides is 1. The second-order valence-electron chi connectivity index (χ2n) is 5.62. The highest BCUT2D eigenvalue weighted by Gasteiger charge is 2.17. The smallest absolute Gasteiger partial charge is 0.240 e. The second-order valence-corrected chi connectivity index (χ2v) is 7.34. The molecule has 0 amide bonds. The Kier molecular flexibility index (Phi) is 4.40. The third-order valence-electron chi connectivity index (χ3n) is 3.75. The average Bonchev–Trinajstić information content (AvgIpc) is 2.97. The number of aliphatic hydroxyl groups excluding tert-OH is 1. The predicted octanol–water partition coefficient (Wildman–Crippen LogP) is 2.63. The molecule has 0 saturated heterocycles. The molecule has 7 heteroatoms. The van der Waals surface area contributed by atoms with E-state index in [1.54, 1.807) is 31.3 Å². The highest BCUT2D eigenvalue weighted by molar-refractivity contribution is 7.89. The number of nitrogens with one attached hydrogen (secondary N) is 2. The Morgan fingerprint density at radius 2 is 1.92 bits per heavy atom. The molecule has 0 bridgehead atoms. The summed E-state index contributed by atoms with van der Waals surface area (Å²) in [4.78, 5) is 3.13. The van der Waals surface area contributed by atoms with Gasteiger partial charge in [-0.05, 0) is 42.8 Å². The standard InChI is InChI=1S/C17H17FN2O3S/c1-11(10-21)20-24(22,23)14-5-2-12(3-6-14)16-9-19-17-8-13(18)4-7-15(16)17/h2-9,11,19-21H,10H2,1H3. The van der Waals surface area contributed by atoms with E-state index < -0.39 is 16.1 Å². The molecule has 3 rings (SSSR count). The molecule has 1 unspecified atom stereocenters. The summed E-state index contributed by atoms with van der Waals surface area (Å²) in [5.74, 6) is -0.318. The molecule has 24 heavy (non-hydrogen) atoms. The number of hydrogen-bond donors (Lipinski definition) is 3. The van der Waals surface area contributed by atoms with Crippen molar-refractivity contribution in [3.63, 3.8) is 0 Å². The first-order valence-corrected chi connectivity index (χ1v) is 8.89. The van der Waals surface area contributed by atoms with Gasteiger partial charge >= 0.3 is 0 Å². The van der Waals surface area contributed by atoms with Crippen molar-refractivity contribution in [3.05, 3.63) is 54.5 Å². The number of rotatable bonds is 5. The van der Waals surface area contributed by atoms with Crippen LogP contribution in [0.15, 0.2) is 53.6 Å². The zero-order valence-electron chi connectivity index (χ0n) is 13.0. The normalized spacial score (nSPS) is 13.3. The topological polar surface area (TPSA) is 82.2 Å². The summed E-state index contributed by atoms with van der Waals surface area (Å²) in [5.41, 5.74) is 2.37. The molecule has 1 aromatic heterocycles. The van der Waals surface area contributed by atoms with Gasteiger partial charge in [-0.3, -0.25) is 0 Å². The maximum absolute atomic E-state index is 13.3. The molecule has 1 atom stereocenters. The molecule has 0 aliphatic carbocycles. The lowest BCUT2D eigenvalue weighted by atomic mass is 10.1. The van der Waals surface area contributed by atoms with E-state index in [2.05, 4.69) is 9.71 Å². The Hall–Kier alpha value is -2.22. The zero-order chi connectivity index (χ0) is 17.3. The number of aliphatic hydroxyl groups is 1. The fourth-order valence-corrected chi connectivity index (χ4v) is 3.76. The quantitative estimate of drug-likeness (QED) is 0.663. The molecular formula is C17H17FN2O3S. The molecule has 0 fully saturated rings. The molecule has 0 spiro atoms. The highest BCUT2D eigenvalue weighted by Crippen LogP contribution is 2.29. The SMILES string of the molecule is CC(CO)NS(=O)(=O)c1ccc(-c2c[nH]c3cc(F)ccc23)cc1. The minimum absolute atomic E-state index is 0.123. The van der Waals surface area contributed by atoms with Crippen LogP contribution in [0.1, 0.15) is 6.92 Å². The lowest BCUT2D eigenvalue weighted by Gasteiger charge is -2.11. The van der Waals surface area contributed by atoms with Gasteiger partial charge in [-0.15, -0.1) is 0 Å². The van der Waals surface area contributed by atoms with Gasteiger partial charge in [0.15, 0.2) is 0 Å². The van der Waals surface area contributed by atoms with Crippen molar-refractivity contribution in [1.82, 2.24) is 9.71 Å². The molecule has 0 radical (unpaired) electrons. The monoisotopic (exact) mass is 348 g/mol. The van der Waals surface area contributed by atoms with Crippen LogP contribution >= 0.6 is 0 Å². The fraction of sp³-hybridized carbons (Fsp3) is 0.176. The third kappa shape index (κ3) is 3.19. The van der Waals surface area contributed by atoms with Crippen molar-refractivity contribution in [2.45, 2.75) is 17.9 Å². The molecule has 0 saturated carbocycles. The van der Waals surface area contributed by atoms with Crippen LogP contribution in [0.3, 0.4) is 0 Å². The predicted molar refractivity (Wildman–Crippen MR) is 90.6 cm³/mol. The Morgan fingerprint density at radius 3 is 2.58 bits per heavy atom. The number of fused-ring (bicyclic) bond motifs is 1. The number of aromatic nitrogens is 1. The van der Waals surface area contributed by atoms with E-state index in [0.29, 0.717) is 5.52 Å². The van der Waals surface area contributed by atoms with Crippen molar-refractivity contribution in [2.24, 2.45) is 0 Å². The van der Waals surface area contributed by atoms with Crippen LogP contribution in [0.4, 0.5) is 4.39 Å². The van der Waals surface area contributed by atoms with Gasteiger partial charge in [0.25, 0.3) is 0 Å². The summed E-state index contributed by atoms with van der Waals surface area (Å²) < 4.78 is 40.0. The van der Waals surface area contributed by atoms with Gasteiger partial charge in [0, 0.05) is 28.7 Å². The van der Waals surface area contributed by atoms with Gasteiger partial charge < -0.3 is 10.1 Å². The van der Waals surface area contributed by atoms with Crippen LogP contribution in [0.5, 0.6) is 0 Å². The van der Waals surface area contributed by atoms with Crippen molar-refractivity contribution in [1.29, 1.82) is 0 Å². The van der Waals surface area contributed by atoms with Crippen molar-refractivity contribution >= 4 is 20.9 Å². The van der Waals surface area contributed by atoms with E-state index in [1.807, 2.05) is 0 Å². The summed E-state index contributed by atoms with van der Waals surface area (Å²) in [7, 11) is -3.67. The van der Waals surface area contributed by atoms with Crippen molar-refractivity contribution in [2.75, 3.05) is 6.61 Å². The average molecular weight is 348 g/mol. The largest absolute Gasteiger partial charge is 0.395 e. The van der Waals surface area contributed by atoms with Gasteiger partial charge in [0.2, 0.25) is 10.0 Å². The van der Waals surface area contributed by atoms with E-state index in [1.165, 1.54) is 24.3 Å². The third-order valence-corrected chi connectivity index (χ3v) is 5.36. The first-order valence-electron chi connectivity index (χ1n) is 7.41. The Morgan fingerprint density at radius 1 is 1.21 bits per heavy atom. The first kappa shape index (κ1) is 16.6. The molecule has 0 aliphatic heterocycles. The van der Waals surface area contributed by atoms with Crippen LogP contribution in [0.25, 0.3) is 22.0 Å². The van der Waals surface area contributed by atoms with Crippen LogP contribution in [0.2, 0.25) is 0 Å². The van der Waals surface area contributed by atoms with E-state index in [4.69, 9.17) is 5.11 Å². The van der Waals surface area contributed by atoms with Crippen LogP contribution in [-0.2, 0) is 10.0 Å². The molecule has 0 aliphatic rings. The number of benzene rings is 2. The van der Waals surface area contributed by atoms with Crippen LogP contribution in [0, 0.1) is 5.82 Å². The first-order chi connectivity index (χ1) is 11.4. The summed E-state index contributed by atoms with van der Waals surface area (Å²) in [6, 6.07) is 10.3. The van der Waals surface area contributed by atoms with Crippen LogP contribution in [-0.4, -0.2) is 31.2 Å². The van der Waals surface area contributed by atoms with Crippen molar-refractivity contribution in [3.8, 4) is 11.1 Å².